The Balaban J connectivity index is 1.99. The number of rotatable bonds is 10. The van der Waals surface area contributed by atoms with Crippen molar-refractivity contribution in [1.82, 2.24) is 14.7 Å². The van der Waals surface area contributed by atoms with Crippen molar-refractivity contribution in [2.24, 2.45) is 0 Å². The van der Waals surface area contributed by atoms with E-state index in [2.05, 4.69) is 72.8 Å². The number of hydrogen-bond acceptors (Lipinski definition) is 5. The van der Waals surface area contributed by atoms with Crippen molar-refractivity contribution >= 4 is 28.3 Å². The van der Waals surface area contributed by atoms with Crippen molar-refractivity contribution < 1.29 is 18.4 Å². The molecule has 1 aromatic heterocycles. The van der Waals surface area contributed by atoms with Gasteiger partial charge in [-0.25, -0.2) is 0 Å². The van der Waals surface area contributed by atoms with Crippen LogP contribution in [0.3, 0.4) is 0 Å². The largest absolute Gasteiger partial charge is 0.415 e. The molecule has 1 fully saturated rings. The highest BCUT2D eigenvalue weighted by molar-refractivity contribution is 6.74. The molecule has 34 heavy (non-hydrogen) atoms. The maximum absolute atomic E-state index is 13.0. The maximum atomic E-state index is 13.0. The number of amides is 1. The lowest BCUT2D eigenvalue weighted by Gasteiger charge is -2.48. The van der Waals surface area contributed by atoms with E-state index < -0.39 is 16.6 Å². The van der Waals surface area contributed by atoms with E-state index in [1.165, 1.54) is 0 Å². The van der Waals surface area contributed by atoms with Crippen LogP contribution >= 0.6 is 0 Å². The van der Waals surface area contributed by atoms with Gasteiger partial charge in [0.05, 0.1) is 19.2 Å². The third-order valence-corrected chi connectivity index (χ3v) is 17.1. The van der Waals surface area contributed by atoms with Gasteiger partial charge >= 0.3 is 0 Å². The van der Waals surface area contributed by atoms with Crippen LogP contribution in [-0.2, 0) is 20.2 Å². The lowest BCUT2D eigenvalue weighted by molar-refractivity contribution is -0.159. The molecular weight excluding hydrogens is 462 g/mol. The zero-order valence-electron chi connectivity index (χ0n) is 23.5. The number of likely N-dealkylation sites (tertiary alicyclic amines) is 1. The Hall–Kier alpha value is -1.30. The van der Waals surface area contributed by atoms with Gasteiger partial charge in [0.2, 0.25) is 5.91 Å². The van der Waals surface area contributed by atoms with Crippen molar-refractivity contribution in [1.29, 1.82) is 0 Å². The van der Waals surface area contributed by atoms with Crippen LogP contribution in [0.1, 0.15) is 77.5 Å². The zero-order chi connectivity index (χ0) is 26.3. The Morgan fingerprint density at radius 1 is 1.12 bits per heavy atom. The van der Waals surface area contributed by atoms with Gasteiger partial charge in [-0.3, -0.25) is 14.3 Å². The molecule has 0 aromatic carbocycles. The smallest absolute Gasteiger partial charge is 0.226 e. The Morgan fingerprint density at radius 3 is 2.18 bits per heavy atom. The average Bonchev–Trinajstić information content (AvgIpc) is 2.99. The van der Waals surface area contributed by atoms with E-state index >= 15 is 0 Å². The summed E-state index contributed by atoms with van der Waals surface area (Å²) in [6.07, 6.45) is 0.330. The summed E-state index contributed by atoms with van der Waals surface area (Å²) in [6, 6.07) is 1.71. The van der Waals surface area contributed by atoms with Crippen molar-refractivity contribution in [2.45, 2.75) is 123 Å². The van der Waals surface area contributed by atoms with Gasteiger partial charge in [0.1, 0.15) is 11.9 Å². The molecular formula is C25H47N3O4Si2. The minimum absolute atomic E-state index is 0.0332. The fraction of sp³-hybridized carbons (Fsp3) is 0.800. The van der Waals surface area contributed by atoms with Gasteiger partial charge in [-0.1, -0.05) is 41.5 Å². The summed E-state index contributed by atoms with van der Waals surface area (Å²) in [5, 5.41) is 4.77. The summed E-state index contributed by atoms with van der Waals surface area (Å²) in [4.78, 5) is 27.2. The van der Waals surface area contributed by atoms with Gasteiger partial charge in [-0.15, -0.1) is 0 Å². The normalized spacial score (nSPS) is 18.8. The van der Waals surface area contributed by atoms with E-state index in [1.54, 1.807) is 4.90 Å². The van der Waals surface area contributed by atoms with Crippen molar-refractivity contribution in [3.8, 4) is 0 Å². The third-order valence-electron chi connectivity index (χ3n) is 8.01. The fourth-order valence-electron chi connectivity index (χ4n) is 3.62. The number of Topliss-reactive ketones (excluding diaryl/α,β-unsaturated/α-hetero) is 1. The molecule has 1 aliphatic heterocycles. The minimum Gasteiger partial charge on any atom is -0.415 e. The van der Waals surface area contributed by atoms with Crippen LogP contribution in [0.4, 0.5) is 0 Å². The molecule has 2 rings (SSSR count). The van der Waals surface area contributed by atoms with Gasteiger partial charge in [0.15, 0.2) is 22.4 Å². The quantitative estimate of drug-likeness (QED) is 0.228. The molecule has 1 saturated heterocycles. The third kappa shape index (κ3) is 6.47. The monoisotopic (exact) mass is 509 g/mol. The van der Waals surface area contributed by atoms with Crippen LogP contribution < -0.4 is 0 Å². The van der Waals surface area contributed by atoms with Crippen LogP contribution in [0.2, 0.25) is 36.3 Å². The lowest BCUT2D eigenvalue weighted by atomic mass is 9.95. The molecule has 1 aromatic rings. The number of hydrogen-bond donors (Lipinski definition) is 0. The molecule has 0 radical (unpaired) electrons. The number of aryl methyl sites for hydroxylation is 1. The highest BCUT2D eigenvalue weighted by Gasteiger charge is 2.45. The highest BCUT2D eigenvalue weighted by atomic mass is 28.4. The molecule has 2 atom stereocenters. The molecule has 0 spiro atoms. The average molecular weight is 510 g/mol. The number of ketones is 1. The molecule has 0 saturated carbocycles. The molecule has 0 aliphatic carbocycles. The number of aromatic nitrogens is 2. The zero-order valence-corrected chi connectivity index (χ0v) is 25.5. The Labute approximate surface area is 208 Å². The van der Waals surface area contributed by atoms with Gasteiger partial charge < -0.3 is 13.8 Å². The van der Waals surface area contributed by atoms with E-state index in [4.69, 9.17) is 8.85 Å². The maximum Gasteiger partial charge on any atom is 0.226 e. The molecule has 1 amide bonds. The number of β-lactam (4-membered cyclic amide) rings is 1. The molecule has 1 unspecified atom stereocenters. The topological polar surface area (TPSA) is 73.7 Å². The fourth-order valence-corrected chi connectivity index (χ4v) is 5.98. The van der Waals surface area contributed by atoms with Gasteiger partial charge in [-0.05, 0) is 56.2 Å². The van der Waals surface area contributed by atoms with Crippen LogP contribution in [0.25, 0.3) is 0 Å². The van der Waals surface area contributed by atoms with Gasteiger partial charge in [-0.2, -0.15) is 5.10 Å². The van der Waals surface area contributed by atoms with E-state index in [9.17, 15) is 9.59 Å². The summed E-state index contributed by atoms with van der Waals surface area (Å²) >= 11 is 0. The molecule has 0 bridgehead atoms. The lowest BCUT2D eigenvalue weighted by Crippen LogP contribution is -2.60. The van der Waals surface area contributed by atoms with Crippen LogP contribution in [0, 0.1) is 6.92 Å². The summed E-state index contributed by atoms with van der Waals surface area (Å²) in [5.41, 5.74) is 1.40. The second-order valence-corrected chi connectivity index (χ2v) is 22.3. The second-order valence-electron chi connectivity index (χ2n) is 12.8. The highest BCUT2D eigenvalue weighted by Crippen LogP contribution is 2.39. The Morgan fingerprint density at radius 2 is 1.68 bits per heavy atom. The molecule has 7 nitrogen and oxygen atoms in total. The molecule has 194 valence electrons. The summed E-state index contributed by atoms with van der Waals surface area (Å²) < 4.78 is 14.5. The summed E-state index contributed by atoms with van der Waals surface area (Å²) in [7, 11) is -3.84. The van der Waals surface area contributed by atoms with E-state index in [0.29, 0.717) is 25.3 Å². The molecule has 2 heterocycles. The summed E-state index contributed by atoms with van der Waals surface area (Å²) in [5.74, 6) is 0.0164. The van der Waals surface area contributed by atoms with Crippen LogP contribution in [0.5, 0.6) is 0 Å². The Kier molecular flexibility index (Phi) is 8.50. The first-order chi connectivity index (χ1) is 15.3. The first kappa shape index (κ1) is 28.9. The predicted octanol–water partition coefficient (Wildman–Crippen LogP) is 5.75. The predicted molar refractivity (Wildman–Crippen MR) is 142 cm³/mol. The van der Waals surface area contributed by atoms with Crippen molar-refractivity contribution in [3.05, 3.63) is 17.5 Å². The van der Waals surface area contributed by atoms with Crippen molar-refractivity contribution in [3.63, 3.8) is 0 Å². The van der Waals surface area contributed by atoms with Gasteiger partial charge in [0.25, 0.3) is 0 Å². The molecule has 9 heteroatoms. The van der Waals surface area contributed by atoms with Crippen molar-refractivity contribution in [2.75, 3.05) is 6.61 Å². The minimum atomic E-state index is -2.02. The van der Waals surface area contributed by atoms with E-state index in [0.717, 1.165) is 5.69 Å². The standard InChI is InChI=1S/C25H47N3O4Si2/c1-18-15-21(26-27(18)13-14-31-33(9,10)24(3,4)5)22(29)16-20-17-23(30)28(20)19(2)32-34(11,12)25(6,7)8/h15,19-20H,13-14,16-17H2,1-12H3/t19-,20?/m0/s1. The van der Waals surface area contributed by atoms with Crippen LogP contribution in [0.15, 0.2) is 6.07 Å². The first-order valence-corrected chi connectivity index (χ1v) is 18.3. The van der Waals surface area contributed by atoms with Crippen LogP contribution in [-0.4, -0.2) is 61.9 Å². The second kappa shape index (κ2) is 9.99. The van der Waals surface area contributed by atoms with E-state index in [1.807, 2.05) is 24.6 Å². The number of carbonyl (C=O) groups is 2. The molecule has 1 aliphatic rings. The first-order valence-electron chi connectivity index (χ1n) is 12.5. The van der Waals surface area contributed by atoms with E-state index in [-0.39, 0.29) is 40.5 Å². The number of nitrogens with zero attached hydrogens (tertiary/aromatic N) is 3. The summed E-state index contributed by atoms with van der Waals surface area (Å²) in [6.45, 7) is 27.1. The molecule has 0 N–H and O–H groups in total. The van der Waals surface area contributed by atoms with Gasteiger partial charge in [0, 0.05) is 18.5 Å². The SMILES string of the molecule is Cc1cc(C(=O)CC2CC(=O)N2[C@H](C)O[Si](C)(C)C(C)(C)C)nn1CCO[Si](C)(C)C(C)(C)C. The number of carbonyl (C=O) groups excluding carboxylic acids is 2. The Bertz CT molecular complexity index is 897.